The van der Waals surface area contributed by atoms with Crippen molar-refractivity contribution >= 4 is 18.0 Å². The van der Waals surface area contributed by atoms with Crippen molar-refractivity contribution in [3.8, 4) is 11.4 Å². The fourth-order valence-corrected chi connectivity index (χ4v) is 3.09. The van der Waals surface area contributed by atoms with Crippen molar-refractivity contribution < 1.29 is 14.7 Å². The van der Waals surface area contributed by atoms with Crippen molar-refractivity contribution in [1.29, 1.82) is 0 Å². The number of benzene rings is 1. The van der Waals surface area contributed by atoms with Crippen molar-refractivity contribution in [3.05, 3.63) is 53.0 Å². The minimum absolute atomic E-state index is 0.212. The normalized spacial score (nSPS) is 16.0. The van der Waals surface area contributed by atoms with E-state index in [1.54, 1.807) is 18.2 Å². The summed E-state index contributed by atoms with van der Waals surface area (Å²) in [6.07, 6.45) is 2.44. The van der Waals surface area contributed by atoms with Crippen LogP contribution >= 0.6 is 0 Å². The number of phenolic OH excluding ortho intramolecular Hbond substituents is 1. The Bertz CT molecular complexity index is 863. The summed E-state index contributed by atoms with van der Waals surface area (Å²) in [5, 5.41) is 12.1. The highest BCUT2D eigenvalue weighted by molar-refractivity contribution is 6.14. The number of rotatable bonds is 4. The van der Waals surface area contributed by atoms with Gasteiger partial charge in [0, 0.05) is 23.6 Å². The van der Waals surface area contributed by atoms with Crippen molar-refractivity contribution in [2.24, 2.45) is 0 Å². The van der Waals surface area contributed by atoms with Crippen molar-refractivity contribution in [2.45, 2.75) is 27.2 Å². The molecule has 1 aromatic carbocycles. The molecular formula is C19H21N3O3. The zero-order chi connectivity index (χ0) is 18.1. The number of nitrogens with one attached hydrogen (secondary N) is 1. The number of amides is 3. The molecule has 2 heterocycles. The lowest BCUT2D eigenvalue weighted by Gasteiger charge is -2.10. The first-order valence-electron chi connectivity index (χ1n) is 8.25. The van der Waals surface area contributed by atoms with Crippen LogP contribution in [-0.2, 0) is 4.79 Å². The second-order valence-corrected chi connectivity index (χ2v) is 6.12. The molecule has 3 amide bonds. The number of urea groups is 1. The van der Waals surface area contributed by atoms with Crippen LogP contribution in [0.1, 0.15) is 30.3 Å². The maximum absolute atomic E-state index is 12.4. The lowest BCUT2D eigenvalue weighted by atomic mass is 10.2. The summed E-state index contributed by atoms with van der Waals surface area (Å²) >= 11 is 0. The average Bonchev–Trinajstić information content (AvgIpc) is 3.00. The first kappa shape index (κ1) is 16.8. The van der Waals surface area contributed by atoms with E-state index in [0.717, 1.165) is 29.1 Å². The number of carbonyl (C=O) groups is 2. The number of hydrogen-bond acceptors (Lipinski definition) is 3. The number of imide groups is 1. The van der Waals surface area contributed by atoms with Crippen LogP contribution in [0.2, 0.25) is 0 Å². The number of aromatic nitrogens is 1. The van der Waals surface area contributed by atoms with Gasteiger partial charge in [0.2, 0.25) is 0 Å². The second-order valence-electron chi connectivity index (χ2n) is 6.12. The Morgan fingerprint density at radius 3 is 2.48 bits per heavy atom. The first-order valence-corrected chi connectivity index (χ1v) is 8.25. The quantitative estimate of drug-likeness (QED) is 0.664. The van der Waals surface area contributed by atoms with E-state index in [-0.39, 0.29) is 17.7 Å². The van der Waals surface area contributed by atoms with Gasteiger partial charge in [0.15, 0.2) is 0 Å². The maximum atomic E-state index is 12.4. The molecule has 130 valence electrons. The molecular weight excluding hydrogens is 318 g/mol. The number of phenols is 1. The molecule has 6 nitrogen and oxygen atoms in total. The lowest BCUT2D eigenvalue weighted by molar-refractivity contribution is -0.122. The van der Waals surface area contributed by atoms with Gasteiger partial charge < -0.3 is 15.0 Å². The smallest absolute Gasteiger partial charge is 0.329 e. The maximum Gasteiger partial charge on any atom is 0.329 e. The molecule has 0 atom stereocenters. The molecule has 6 heteroatoms. The highest BCUT2D eigenvalue weighted by Crippen LogP contribution is 2.25. The van der Waals surface area contributed by atoms with Crippen LogP contribution in [0.5, 0.6) is 5.75 Å². The second kappa shape index (κ2) is 6.47. The minimum atomic E-state index is -0.370. The van der Waals surface area contributed by atoms with Crippen LogP contribution in [0.15, 0.2) is 36.0 Å². The van der Waals surface area contributed by atoms with Crippen LogP contribution in [0.4, 0.5) is 4.79 Å². The van der Waals surface area contributed by atoms with Gasteiger partial charge >= 0.3 is 6.03 Å². The Labute approximate surface area is 146 Å². The molecule has 25 heavy (non-hydrogen) atoms. The fourth-order valence-electron chi connectivity index (χ4n) is 3.09. The van der Waals surface area contributed by atoms with E-state index in [2.05, 4.69) is 5.32 Å². The monoisotopic (exact) mass is 339 g/mol. The predicted octanol–water partition coefficient (Wildman–Crippen LogP) is 3.10. The lowest BCUT2D eigenvalue weighted by Crippen LogP contribution is -2.31. The van der Waals surface area contributed by atoms with E-state index in [0.29, 0.717) is 12.2 Å². The van der Waals surface area contributed by atoms with Crippen molar-refractivity contribution in [1.82, 2.24) is 14.8 Å². The third kappa shape index (κ3) is 3.03. The SMILES string of the molecule is CCCN1C(=O)N/C(=C/c2cc(C)n(-c3ccc(O)cc3)c2C)C1=O. The zero-order valence-electron chi connectivity index (χ0n) is 14.5. The summed E-state index contributed by atoms with van der Waals surface area (Å²) in [5.41, 5.74) is 4.03. The van der Waals surface area contributed by atoms with Gasteiger partial charge in [-0.1, -0.05) is 6.92 Å². The number of aromatic hydroxyl groups is 1. The fraction of sp³-hybridized carbons (Fsp3) is 0.263. The molecule has 0 radical (unpaired) electrons. The highest BCUT2D eigenvalue weighted by Gasteiger charge is 2.32. The van der Waals surface area contributed by atoms with Gasteiger partial charge in [-0.15, -0.1) is 0 Å². The van der Waals surface area contributed by atoms with Crippen LogP contribution in [0, 0.1) is 13.8 Å². The van der Waals surface area contributed by atoms with Gasteiger partial charge in [-0.3, -0.25) is 9.69 Å². The summed E-state index contributed by atoms with van der Waals surface area (Å²) in [6.45, 7) is 6.26. The van der Waals surface area contributed by atoms with Gasteiger partial charge in [-0.05, 0) is 62.2 Å². The molecule has 2 N–H and O–H groups in total. The summed E-state index contributed by atoms with van der Waals surface area (Å²) in [5.74, 6) is -0.0786. The molecule has 3 rings (SSSR count). The molecule has 1 aliphatic rings. The number of aryl methyl sites for hydroxylation is 1. The standard InChI is InChI=1S/C19H21N3O3/c1-4-9-21-18(24)17(20-19(21)25)11-14-10-12(2)22(13(14)3)15-5-7-16(23)8-6-15/h5-8,10-11,23H,4,9H2,1-3H3,(H,20,25)/b17-11+. The highest BCUT2D eigenvalue weighted by atomic mass is 16.3. The summed E-state index contributed by atoms with van der Waals surface area (Å²) in [6, 6.07) is 8.53. The van der Waals surface area contributed by atoms with Gasteiger partial charge in [0.1, 0.15) is 11.4 Å². The Balaban J connectivity index is 1.97. The number of nitrogens with zero attached hydrogens (tertiary/aromatic N) is 2. The molecule has 0 saturated carbocycles. The van der Waals surface area contributed by atoms with Crippen molar-refractivity contribution in [2.75, 3.05) is 6.54 Å². The van der Waals surface area contributed by atoms with Gasteiger partial charge in [-0.2, -0.15) is 0 Å². The Hall–Kier alpha value is -3.02. The van der Waals surface area contributed by atoms with Gasteiger partial charge in [0.25, 0.3) is 5.91 Å². The topological polar surface area (TPSA) is 74.6 Å². The van der Waals surface area contributed by atoms with E-state index in [1.807, 2.05) is 43.5 Å². The molecule has 0 aliphatic carbocycles. The van der Waals surface area contributed by atoms with E-state index in [1.165, 1.54) is 4.90 Å². The first-order chi connectivity index (χ1) is 11.9. The van der Waals surface area contributed by atoms with Crippen LogP contribution < -0.4 is 5.32 Å². The van der Waals surface area contributed by atoms with Crippen LogP contribution in [0.25, 0.3) is 11.8 Å². The largest absolute Gasteiger partial charge is 0.508 e. The molecule has 2 aromatic rings. The molecule has 0 bridgehead atoms. The average molecular weight is 339 g/mol. The Morgan fingerprint density at radius 2 is 1.84 bits per heavy atom. The predicted molar refractivity (Wildman–Crippen MR) is 95.4 cm³/mol. The molecule has 1 fully saturated rings. The number of carbonyl (C=O) groups excluding carboxylic acids is 2. The van der Waals surface area contributed by atoms with Crippen molar-refractivity contribution in [3.63, 3.8) is 0 Å². The summed E-state index contributed by atoms with van der Waals surface area (Å²) in [7, 11) is 0. The minimum Gasteiger partial charge on any atom is -0.508 e. The molecule has 1 saturated heterocycles. The van der Waals surface area contributed by atoms with E-state index >= 15 is 0 Å². The molecule has 0 unspecified atom stereocenters. The number of hydrogen-bond donors (Lipinski definition) is 2. The van der Waals surface area contributed by atoms with E-state index < -0.39 is 0 Å². The van der Waals surface area contributed by atoms with E-state index in [4.69, 9.17) is 0 Å². The van der Waals surface area contributed by atoms with Gasteiger partial charge in [-0.25, -0.2) is 4.79 Å². The summed E-state index contributed by atoms with van der Waals surface area (Å²) < 4.78 is 2.04. The van der Waals surface area contributed by atoms with Crippen LogP contribution in [-0.4, -0.2) is 33.1 Å². The summed E-state index contributed by atoms with van der Waals surface area (Å²) in [4.78, 5) is 25.5. The van der Waals surface area contributed by atoms with Crippen LogP contribution in [0.3, 0.4) is 0 Å². The third-order valence-corrected chi connectivity index (χ3v) is 4.29. The molecule has 1 aliphatic heterocycles. The Morgan fingerprint density at radius 1 is 1.16 bits per heavy atom. The third-order valence-electron chi connectivity index (χ3n) is 4.29. The Kier molecular flexibility index (Phi) is 4.35. The molecule has 1 aromatic heterocycles. The molecule has 0 spiro atoms. The van der Waals surface area contributed by atoms with Gasteiger partial charge in [0.05, 0.1) is 0 Å². The zero-order valence-corrected chi connectivity index (χ0v) is 14.5. The van der Waals surface area contributed by atoms with E-state index in [9.17, 15) is 14.7 Å².